The zero-order chi connectivity index (χ0) is 19.1. The first-order chi connectivity index (χ1) is 11.5. The van der Waals surface area contributed by atoms with Gasteiger partial charge in [0.15, 0.2) is 0 Å². The maximum absolute atomic E-state index is 12.1. The summed E-state index contributed by atoms with van der Waals surface area (Å²) in [6, 6.07) is 4.56. The highest BCUT2D eigenvalue weighted by atomic mass is 32.2. The number of esters is 1. The fraction of sp³-hybridized carbons (Fsp3) is 0.429. The number of nitrogens with one attached hydrogen (secondary N) is 2. The third kappa shape index (κ3) is 7.98. The molecule has 0 saturated carbocycles. The van der Waals surface area contributed by atoms with Crippen LogP contribution in [0.2, 0.25) is 0 Å². The number of hydrogen-bond donors (Lipinski definition) is 2. The van der Waals surface area contributed by atoms with Gasteiger partial charge in [-0.15, -0.1) is 0 Å². The van der Waals surface area contributed by atoms with Crippen LogP contribution in [0.3, 0.4) is 0 Å². The highest BCUT2D eigenvalue weighted by Gasteiger charge is 2.30. The molecule has 2 N–H and O–H groups in total. The van der Waals surface area contributed by atoms with Crippen molar-refractivity contribution in [3.8, 4) is 0 Å². The van der Waals surface area contributed by atoms with Crippen LogP contribution in [0.5, 0.6) is 0 Å². The Kier molecular flexibility index (Phi) is 7.37. The molecule has 1 aromatic carbocycles. The molecule has 0 aliphatic heterocycles. The van der Waals surface area contributed by atoms with E-state index in [1.165, 1.54) is 16.9 Å². The fourth-order valence-electron chi connectivity index (χ4n) is 1.65. The Bertz CT molecular complexity index is 702. The van der Waals surface area contributed by atoms with Crippen molar-refractivity contribution in [3.05, 3.63) is 24.3 Å². The molecule has 0 atom stereocenters. The minimum absolute atomic E-state index is 0.104. The van der Waals surface area contributed by atoms with Crippen molar-refractivity contribution >= 4 is 27.6 Å². The molecule has 1 amide bonds. The first kappa shape index (κ1) is 20.9. The van der Waals surface area contributed by atoms with Crippen LogP contribution in [0, 0.1) is 0 Å². The molecule has 1 rings (SSSR count). The highest BCUT2D eigenvalue weighted by Crippen LogP contribution is 2.17. The first-order valence-electron chi connectivity index (χ1n) is 7.15. The number of halogens is 3. The zero-order valence-corrected chi connectivity index (χ0v) is 14.0. The Hall–Kier alpha value is -2.14. The van der Waals surface area contributed by atoms with E-state index in [1.54, 1.807) is 6.92 Å². The summed E-state index contributed by atoms with van der Waals surface area (Å²) in [5.41, 5.74) is 0.239. The standard InChI is InChI=1S/C14H17F3N2O5S/c1-2-24-13(21)8-7-12(20)19-10-3-5-11(6-4-10)25(22,23)18-9-14(15,16)17/h3-6,18H,2,7-9H2,1H3,(H,19,20). The molecule has 0 heterocycles. The smallest absolute Gasteiger partial charge is 0.402 e. The Labute approximate surface area is 142 Å². The summed E-state index contributed by atoms with van der Waals surface area (Å²) in [6.07, 6.45) is -4.89. The molecule has 11 heteroatoms. The average molecular weight is 382 g/mol. The van der Waals surface area contributed by atoms with E-state index >= 15 is 0 Å². The van der Waals surface area contributed by atoms with Gasteiger partial charge in [0.1, 0.15) is 6.54 Å². The Morgan fingerprint density at radius 2 is 1.72 bits per heavy atom. The van der Waals surface area contributed by atoms with Crippen molar-refractivity contribution in [1.29, 1.82) is 0 Å². The van der Waals surface area contributed by atoms with Crippen molar-refractivity contribution in [1.82, 2.24) is 4.72 Å². The molecular weight excluding hydrogens is 365 g/mol. The number of rotatable bonds is 8. The molecule has 25 heavy (non-hydrogen) atoms. The average Bonchev–Trinajstić information content (AvgIpc) is 2.51. The van der Waals surface area contributed by atoms with E-state index in [0.717, 1.165) is 12.1 Å². The third-order valence-corrected chi connectivity index (χ3v) is 4.19. The fourth-order valence-corrected chi connectivity index (χ4v) is 2.66. The molecule has 140 valence electrons. The summed E-state index contributed by atoms with van der Waals surface area (Å²) in [5.74, 6) is -1.01. The van der Waals surface area contributed by atoms with Crippen molar-refractivity contribution in [2.45, 2.75) is 30.8 Å². The summed E-state index contributed by atoms with van der Waals surface area (Å²) in [6.45, 7) is 0.164. The summed E-state index contributed by atoms with van der Waals surface area (Å²) in [5, 5.41) is 2.43. The lowest BCUT2D eigenvalue weighted by molar-refractivity contribution is -0.144. The van der Waals surface area contributed by atoms with Crippen LogP contribution in [0.4, 0.5) is 18.9 Å². The second-order valence-corrected chi connectivity index (χ2v) is 6.58. The van der Waals surface area contributed by atoms with Crippen LogP contribution in [-0.2, 0) is 24.3 Å². The molecule has 0 aliphatic carbocycles. The molecule has 0 saturated heterocycles. The minimum Gasteiger partial charge on any atom is -0.466 e. The van der Waals surface area contributed by atoms with Crippen molar-refractivity contribution in [2.24, 2.45) is 0 Å². The lowest BCUT2D eigenvalue weighted by atomic mass is 10.2. The lowest BCUT2D eigenvalue weighted by Crippen LogP contribution is -2.33. The van der Waals surface area contributed by atoms with Crippen molar-refractivity contribution < 1.29 is 35.9 Å². The van der Waals surface area contributed by atoms with Crippen LogP contribution in [0.1, 0.15) is 19.8 Å². The molecule has 0 aromatic heterocycles. The van der Waals surface area contributed by atoms with E-state index < -0.39 is 34.6 Å². The van der Waals surface area contributed by atoms with Gasteiger partial charge in [-0.2, -0.15) is 13.2 Å². The first-order valence-corrected chi connectivity index (χ1v) is 8.64. The lowest BCUT2D eigenvalue weighted by Gasteiger charge is -2.10. The normalized spacial score (nSPS) is 11.8. The molecule has 7 nitrogen and oxygen atoms in total. The van der Waals surface area contributed by atoms with Crippen molar-refractivity contribution in [2.75, 3.05) is 18.5 Å². The largest absolute Gasteiger partial charge is 0.466 e. The summed E-state index contributed by atoms with van der Waals surface area (Å²) in [4.78, 5) is 22.4. The van der Waals surface area contributed by atoms with E-state index in [2.05, 4.69) is 10.1 Å². The summed E-state index contributed by atoms with van der Waals surface area (Å²) < 4.78 is 65.7. The van der Waals surface area contributed by atoms with E-state index in [9.17, 15) is 31.2 Å². The van der Waals surface area contributed by atoms with Gasteiger partial charge in [-0.25, -0.2) is 13.1 Å². The number of carbonyl (C=O) groups excluding carboxylic acids is 2. The third-order valence-electron chi connectivity index (χ3n) is 2.77. The van der Waals surface area contributed by atoms with Gasteiger partial charge in [0.05, 0.1) is 17.9 Å². The zero-order valence-electron chi connectivity index (χ0n) is 13.2. The van der Waals surface area contributed by atoms with Gasteiger partial charge in [0.25, 0.3) is 0 Å². The van der Waals surface area contributed by atoms with Crippen molar-refractivity contribution in [3.63, 3.8) is 0 Å². The molecular formula is C14H17F3N2O5S. The molecule has 0 bridgehead atoms. The Morgan fingerprint density at radius 1 is 1.12 bits per heavy atom. The second kappa shape index (κ2) is 8.81. The summed E-state index contributed by atoms with van der Waals surface area (Å²) >= 11 is 0. The number of carbonyl (C=O) groups is 2. The van der Waals surface area contributed by atoms with Gasteiger partial charge >= 0.3 is 12.1 Å². The Balaban J connectivity index is 2.61. The number of ether oxygens (including phenoxy) is 1. The maximum Gasteiger partial charge on any atom is 0.402 e. The topological polar surface area (TPSA) is 102 Å². The predicted molar refractivity (Wildman–Crippen MR) is 82.2 cm³/mol. The van der Waals surface area contributed by atoms with Crippen LogP contribution < -0.4 is 10.0 Å². The van der Waals surface area contributed by atoms with E-state index in [4.69, 9.17) is 0 Å². The van der Waals surface area contributed by atoms with Gasteiger partial charge < -0.3 is 10.1 Å². The molecule has 0 aliphatic rings. The van der Waals surface area contributed by atoms with Crippen LogP contribution >= 0.6 is 0 Å². The van der Waals surface area contributed by atoms with Crippen LogP contribution in [-0.4, -0.2) is 39.6 Å². The second-order valence-electron chi connectivity index (χ2n) is 4.82. The predicted octanol–water partition coefficient (Wildman–Crippen LogP) is 1.81. The number of sulfonamides is 1. The molecule has 0 radical (unpaired) electrons. The van der Waals surface area contributed by atoms with Crippen LogP contribution in [0.25, 0.3) is 0 Å². The quantitative estimate of drug-likeness (QED) is 0.668. The molecule has 0 spiro atoms. The maximum atomic E-state index is 12.1. The number of benzene rings is 1. The van der Waals surface area contributed by atoms with E-state index in [-0.39, 0.29) is 30.0 Å². The highest BCUT2D eigenvalue weighted by molar-refractivity contribution is 7.89. The number of anilines is 1. The van der Waals surface area contributed by atoms with Gasteiger partial charge in [-0.05, 0) is 31.2 Å². The molecule has 0 unspecified atom stereocenters. The molecule has 0 fully saturated rings. The van der Waals surface area contributed by atoms with E-state index in [1.807, 2.05) is 0 Å². The van der Waals surface area contributed by atoms with Gasteiger partial charge in [0, 0.05) is 12.1 Å². The summed E-state index contributed by atoms with van der Waals surface area (Å²) in [7, 11) is -4.31. The Morgan fingerprint density at radius 3 is 2.24 bits per heavy atom. The van der Waals surface area contributed by atoms with Gasteiger partial charge in [0.2, 0.25) is 15.9 Å². The van der Waals surface area contributed by atoms with E-state index in [0.29, 0.717) is 0 Å². The van der Waals surface area contributed by atoms with Gasteiger partial charge in [-0.3, -0.25) is 9.59 Å². The van der Waals surface area contributed by atoms with Crippen LogP contribution in [0.15, 0.2) is 29.2 Å². The monoisotopic (exact) mass is 382 g/mol. The molecule has 1 aromatic rings. The minimum atomic E-state index is -4.67. The SMILES string of the molecule is CCOC(=O)CCC(=O)Nc1ccc(S(=O)(=O)NCC(F)(F)F)cc1. The number of hydrogen-bond acceptors (Lipinski definition) is 5. The number of alkyl halides is 3. The number of amides is 1. The van der Waals surface area contributed by atoms with Gasteiger partial charge in [-0.1, -0.05) is 0 Å².